The summed E-state index contributed by atoms with van der Waals surface area (Å²) in [5.41, 5.74) is 17.2. The molecular formula is C62H40N6. The molecule has 3 aromatic heterocycles. The van der Waals surface area contributed by atoms with Crippen LogP contribution in [0.2, 0.25) is 0 Å². The van der Waals surface area contributed by atoms with Gasteiger partial charge in [0.2, 0.25) is 0 Å². The van der Waals surface area contributed by atoms with Crippen LogP contribution >= 0.6 is 0 Å². The van der Waals surface area contributed by atoms with Crippen LogP contribution < -0.4 is 4.90 Å². The number of nitrogens with zero attached hydrogens (tertiary/aromatic N) is 6. The molecule has 9 aromatic carbocycles. The molecular weight excluding hydrogens is 829 g/mol. The van der Waals surface area contributed by atoms with Crippen LogP contribution in [0.25, 0.3) is 106 Å². The summed E-state index contributed by atoms with van der Waals surface area (Å²) in [5.74, 6) is 1.91. The number of anilines is 3. The van der Waals surface area contributed by atoms with Crippen LogP contribution in [-0.4, -0.2) is 24.5 Å². The van der Waals surface area contributed by atoms with Crippen molar-refractivity contribution >= 4 is 38.7 Å². The van der Waals surface area contributed by atoms with E-state index in [4.69, 9.17) is 19.9 Å². The Morgan fingerprint density at radius 1 is 0.338 bits per heavy atom. The molecule has 0 unspecified atom stereocenters. The second kappa shape index (κ2) is 16.3. The minimum Gasteiger partial charge on any atom is -0.309 e. The third kappa shape index (κ3) is 6.66. The van der Waals surface area contributed by atoms with Crippen molar-refractivity contribution in [2.75, 3.05) is 4.90 Å². The minimum atomic E-state index is 0.627. The van der Waals surface area contributed by atoms with E-state index in [-0.39, 0.29) is 0 Å². The molecule has 0 N–H and O–H groups in total. The van der Waals surface area contributed by atoms with Gasteiger partial charge in [-0.2, -0.15) is 0 Å². The molecule has 0 aliphatic carbocycles. The number of hydrogen-bond donors (Lipinski definition) is 0. The summed E-state index contributed by atoms with van der Waals surface area (Å²) in [4.78, 5) is 22.3. The van der Waals surface area contributed by atoms with Gasteiger partial charge in [-0.05, 0) is 71.1 Å². The highest BCUT2D eigenvalue weighted by Crippen LogP contribution is 2.54. The summed E-state index contributed by atoms with van der Waals surface area (Å²) < 4.78 is 2.45. The van der Waals surface area contributed by atoms with Gasteiger partial charge < -0.3 is 9.47 Å². The van der Waals surface area contributed by atoms with E-state index in [1.807, 2.05) is 66.9 Å². The normalized spacial score (nSPS) is 11.8. The maximum absolute atomic E-state index is 5.01. The summed E-state index contributed by atoms with van der Waals surface area (Å²) >= 11 is 0. The maximum Gasteiger partial charge on any atom is 0.164 e. The Hall–Kier alpha value is -9.26. The molecule has 318 valence electrons. The summed E-state index contributed by atoms with van der Waals surface area (Å²) in [6.45, 7) is 0. The molecule has 1 aliphatic heterocycles. The van der Waals surface area contributed by atoms with Crippen LogP contribution in [0.1, 0.15) is 0 Å². The topological polar surface area (TPSA) is 59.7 Å². The van der Waals surface area contributed by atoms with Gasteiger partial charge >= 0.3 is 0 Å². The van der Waals surface area contributed by atoms with Crippen molar-refractivity contribution in [3.63, 3.8) is 0 Å². The number of pyridine rings is 1. The Morgan fingerprint density at radius 3 is 1.65 bits per heavy atom. The summed E-state index contributed by atoms with van der Waals surface area (Å²) in [6.07, 6.45) is 1.91. The molecule has 0 spiro atoms. The largest absolute Gasteiger partial charge is 0.309 e. The van der Waals surface area contributed by atoms with Crippen molar-refractivity contribution in [3.05, 3.63) is 243 Å². The van der Waals surface area contributed by atoms with Gasteiger partial charge in [-0.1, -0.05) is 182 Å². The first-order valence-corrected chi connectivity index (χ1v) is 22.9. The van der Waals surface area contributed by atoms with E-state index in [0.29, 0.717) is 17.5 Å². The zero-order valence-electron chi connectivity index (χ0n) is 36.8. The Labute approximate surface area is 393 Å². The molecule has 0 bridgehead atoms. The molecule has 6 nitrogen and oxygen atoms in total. The third-order valence-electron chi connectivity index (χ3n) is 13.0. The van der Waals surface area contributed by atoms with Crippen LogP contribution in [0, 0.1) is 0 Å². The Kier molecular flexibility index (Phi) is 9.39. The third-order valence-corrected chi connectivity index (χ3v) is 13.0. The van der Waals surface area contributed by atoms with E-state index in [2.05, 4.69) is 185 Å². The molecule has 4 heterocycles. The molecule has 0 fully saturated rings. The van der Waals surface area contributed by atoms with Crippen LogP contribution in [0.5, 0.6) is 0 Å². The summed E-state index contributed by atoms with van der Waals surface area (Å²) in [5, 5.41) is 3.50. The van der Waals surface area contributed by atoms with Gasteiger partial charge in [-0.15, -0.1) is 0 Å². The summed E-state index contributed by atoms with van der Waals surface area (Å²) in [7, 11) is 0. The van der Waals surface area contributed by atoms with Gasteiger partial charge in [0.05, 0.1) is 28.3 Å². The van der Waals surface area contributed by atoms with Gasteiger partial charge in [0.1, 0.15) is 0 Å². The van der Waals surface area contributed by atoms with Gasteiger partial charge in [0, 0.05) is 67.3 Å². The fourth-order valence-electron chi connectivity index (χ4n) is 9.91. The first-order chi connectivity index (χ1) is 33.7. The molecule has 0 amide bonds. The predicted molar refractivity (Wildman–Crippen MR) is 278 cm³/mol. The zero-order valence-corrected chi connectivity index (χ0v) is 36.8. The van der Waals surface area contributed by atoms with Gasteiger partial charge in [-0.25, -0.2) is 15.0 Å². The second-order valence-corrected chi connectivity index (χ2v) is 17.0. The lowest BCUT2D eigenvalue weighted by atomic mass is 9.98. The van der Waals surface area contributed by atoms with Gasteiger partial charge in [0.25, 0.3) is 0 Å². The second-order valence-electron chi connectivity index (χ2n) is 17.0. The Bertz CT molecular complexity index is 3800. The molecule has 0 saturated heterocycles. The Balaban J connectivity index is 0.926. The number of hydrogen-bond acceptors (Lipinski definition) is 5. The Morgan fingerprint density at radius 2 is 0.897 bits per heavy atom. The lowest BCUT2D eigenvalue weighted by molar-refractivity contribution is 1.07. The van der Waals surface area contributed by atoms with E-state index < -0.39 is 0 Å². The molecule has 68 heavy (non-hydrogen) atoms. The van der Waals surface area contributed by atoms with Crippen LogP contribution in [0.4, 0.5) is 17.1 Å². The summed E-state index contributed by atoms with van der Waals surface area (Å²) in [6, 6.07) is 83.4. The van der Waals surface area contributed by atoms with Gasteiger partial charge in [0.15, 0.2) is 17.5 Å². The zero-order chi connectivity index (χ0) is 45.0. The fraction of sp³-hybridized carbons (Fsp3) is 0. The smallest absolute Gasteiger partial charge is 0.164 e. The standard InChI is InChI=1S/C62H40N6/c1-3-18-43(19-4-1)60-64-61(44-20-5-2-6-21-44)66-62(65-60)47-24-15-22-45(39-47)41-33-35-48(36-34-41)67-54-30-12-9-27-51(54)57-52-28-10-13-31-55(52)68(59(57)53-29-11-14-32-56(53)67)49-25-16-23-46(40-49)58-50-26-8-7-17-42(50)37-38-63-58/h1-40H. The first-order valence-electron chi connectivity index (χ1n) is 22.9. The van der Waals surface area contributed by atoms with Crippen molar-refractivity contribution in [2.24, 2.45) is 0 Å². The highest BCUT2D eigenvalue weighted by molar-refractivity contribution is 6.13. The molecule has 6 heteroatoms. The highest BCUT2D eigenvalue weighted by atomic mass is 15.2. The van der Waals surface area contributed by atoms with E-state index in [1.165, 1.54) is 21.9 Å². The quantitative estimate of drug-likeness (QED) is 0.160. The van der Waals surface area contributed by atoms with Crippen LogP contribution in [0.3, 0.4) is 0 Å². The fourth-order valence-corrected chi connectivity index (χ4v) is 9.91. The molecule has 0 atom stereocenters. The number of aromatic nitrogens is 5. The number of rotatable bonds is 7. The SMILES string of the molecule is c1ccc(-c2nc(-c3ccccc3)nc(-c3cccc(-c4ccc(N5c6ccccc6-c6c(n(-c7cccc(-c8nccc9ccccc89)c7)c7ccccc67)-c6ccccc65)cc4)c3)n2)cc1. The van der Waals surface area contributed by atoms with Crippen molar-refractivity contribution < 1.29 is 0 Å². The molecule has 1 aliphatic rings. The monoisotopic (exact) mass is 868 g/mol. The number of benzene rings is 9. The van der Waals surface area contributed by atoms with E-state index >= 15 is 0 Å². The van der Waals surface area contributed by atoms with Crippen molar-refractivity contribution in [1.29, 1.82) is 0 Å². The van der Waals surface area contributed by atoms with Crippen molar-refractivity contribution in [2.45, 2.75) is 0 Å². The lowest BCUT2D eigenvalue weighted by Crippen LogP contribution is -2.11. The van der Waals surface area contributed by atoms with Crippen LogP contribution in [0.15, 0.2) is 243 Å². The van der Waals surface area contributed by atoms with Crippen LogP contribution in [-0.2, 0) is 0 Å². The van der Waals surface area contributed by atoms with E-state index in [0.717, 1.165) is 84.0 Å². The first kappa shape index (κ1) is 39.1. The average molecular weight is 869 g/mol. The number of para-hydroxylation sites is 3. The highest BCUT2D eigenvalue weighted by Gasteiger charge is 2.31. The molecule has 0 radical (unpaired) electrons. The van der Waals surface area contributed by atoms with E-state index in [1.54, 1.807) is 0 Å². The number of fused-ring (bicyclic) bond motifs is 8. The van der Waals surface area contributed by atoms with Gasteiger partial charge in [-0.3, -0.25) is 4.98 Å². The average Bonchev–Trinajstić information content (AvgIpc) is 3.70. The maximum atomic E-state index is 5.01. The van der Waals surface area contributed by atoms with Crippen molar-refractivity contribution in [1.82, 2.24) is 24.5 Å². The van der Waals surface area contributed by atoms with E-state index in [9.17, 15) is 0 Å². The van der Waals surface area contributed by atoms with Crippen molar-refractivity contribution in [3.8, 4) is 84.6 Å². The minimum absolute atomic E-state index is 0.627. The molecule has 0 saturated carbocycles. The lowest BCUT2D eigenvalue weighted by Gasteiger charge is -2.27. The molecule has 12 aromatic rings. The molecule has 13 rings (SSSR count). The predicted octanol–water partition coefficient (Wildman–Crippen LogP) is 15.8.